The summed E-state index contributed by atoms with van der Waals surface area (Å²) in [6.07, 6.45) is 3.80. The first-order chi connectivity index (χ1) is 9.24. The summed E-state index contributed by atoms with van der Waals surface area (Å²) in [5.74, 6) is 0.820. The fourth-order valence-electron chi connectivity index (χ4n) is 2.53. The molecule has 0 amide bonds. The first-order valence-corrected chi connectivity index (χ1v) is 6.46. The first-order valence-electron chi connectivity index (χ1n) is 6.46. The van der Waals surface area contributed by atoms with Gasteiger partial charge in [-0.15, -0.1) is 0 Å². The molecule has 0 spiro atoms. The highest BCUT2D eigenvalue weighted by Gasteiger charge is 2.20. The van der Waals surface area contributed by atoms with E-state index in [-0.39, 0.29) is 11.9 Å². The fraction of sp³-hybridized carbons (Fsp3) is 0.357. The molecule has 3 rings (SSSR count). The van der Waals surface area contributed by atoms with E-state index in [2.05, 4.69) is 14.5 Å². The minimum Gasteiger partial charge on any atom is -0.333 e. The van der Waals surface area contributed by atoms with E-state index < -0.39 is 0 Å². The van der Waals surface area contributed by atoms with Crippen molar-refractivity contribution in [2.75, 3.05) is 13.1 Å². The van der Waals surface area contributed by atoms with Crippen molar-refractivity contribution in [3.8, 4) is 0 Å². The molecule has 1 aromatic heterocycles. The van der Waals surface area contributed by atoms with Crippen molar-refractivity contribution in [1.82, 2.24) is 14.5 Å². The number of aromatic nitrogens is 2. The van der Waals surface area contributed by atoms with Crippen LogP contribution in [0.25, 0.3) is 0 Å². The summed E-state index contributed by atoms with van der Waals surface area (Å²) < 4.78 is 15.8. The lowest BCUT2D eigenvalue weighted by Crippen LogP contribution is -2.38. The number of benzene rings is 1. The van der Waals surface area contributed by atoms with Gasteiger partial charge in [0.2, 0.25) is 0 Å². The molecule has 2 N–H and O–H groups in total. The number of nitrogens with zero attached hydrogens (tertiary/aromatic N) is 3. The third-order valence-electron chi connectivity index (χ3n) is 3.58. The van der Waals surface area contributed by atoms with E-state index in [4.69, 9.17) is 5.73 Å². The van der Waals surface area contributed by atoms with Crippen LogP contribution in [0.15, 0.2) is 36.7 Å². The van der Waals surface area contributed by atoms with E-state index in [9.17, 15) is 4.39 Å². The molecule has 4 nitrogen and oxygen atoms in total. The zero-order valence-electron chi connectivity index (χ0n) is 10.7. The Hall–Kier alpha value is -1.72. The van der Waals surface area contributed by atoms with Crippen LogP contribution >= 0.6 is 0 Å². The quantitative estimate of drug-likeness (QED) is 0.910. The van der Waals surface area contributed by atoms with E-state index >= 15 is 0 Å². The van der Waals surface area contributed by atoms with E-state index in [1.54, 1.807) is 12.1 Å². The highest BCUT2D eigenvalue weighted by atomic mass is 19.1. The summed E-state index contributed by atoms with van der Waals surface area (Å²) >= 11 is 0. The van der Waals surface area contributed by atoms with E-state index in [1.165, 1.54) is 6.07 Å². The SMILES string of the molecule is NC(CN1CCn2ccnc2C1)c1ccccc1F. The number of fused-ring (bicyclic) bond motifs is 1. The molecule has 0 fully saturated rings. The van der Waals surface area contributed by atoms with Crippen molar-refractivity contribution >= 4 is 0 Å². The smallest absolute Gasteiger partial charge is 0.128 e. The van der Waals surface area contributed by atoms with Crippen LogP contribution in [0.3, 0.4) is 0 Å². The Labute approximate surface area is 111 Å². The van der Waals surface area contributed by atoms with Gasteiger partial charge in [-0.2, -0.15) is 0 Å². The summed E-state index contributed by atoms with van der Waals surface area (Å²) in [6, 6.07) is 6.41. The summed E-state index contributed by atoms with van der Waals surface area (Å²) in [4.78, 5) is 6.53. The Morgan fingerprint density at radius 1 is 1.32 bits per heavy atom. The summed E-state index contributed by atoms with van der Waals surface area (Å²) in [7, 11) is 0. The molecule has 0 aliphatic carbocycles. The molecule has 1 aliphatic heterocycles. The maximum Gasteiger partial charge on any atom is 0.128 e. The van der Waals surface area contributed by atoms with Crippen molar-refractivity contribution in [2.24, 2.45) is 5.73 Å². The van der Waals surface area contributed by atoms with Crippen molar-refractivity contribution in [3.63, 3.8) is 0 Å². The molecule has 1 unspecified atom stereocenters. The average Bonchev–Trinajstić information content (AvgIpc) is 2.86. The molecule has 1 aromatic carbocycles. The van der Waals surface area contributed by atoms with E-state index in [0.29, 0.717) is 12.1 Å². The minimum atomic E-state index is -0.303. The first kappa shape index (κ1) is 12.3. The van der Waals surface area contributed by atoms with Gasteiger partial charge in [-0.1, -0.05) is 18.2 Å². The molecule has 1 aliphatic rings. The van der Waals surface area contributed by atoms with Crippen molar-refractivity contribution in [1.29, 1.82) is 0 Å². The van der Waals surface area contributed by atoms with Crippen LogP contribution in [-0.2, 0) is 13.1 Å². The second kappa shape index (κ2) is 5.11. The highest BCUT2D eigenvalue weighted by Crippen LogP contribution is 2.18. The zero-order chi connectivity index (χ0) is 13.2. The monoisotopic (exact) mass is 260 g/mol. The third kappa shape index (κ3) is 2.52. The molecule has 19 heavy (non-hydrogen) atoms. The molecule has 0 bridgehead atoms. The Balaban J connectivity index is 1.68. The fourth-order valence-corrected chi connectivity index (χ4v) is 2.53. The molecular formula is C14H17FN4. The predicted molar refractivity (Wildman–Crippen MR) is 70.8 cm³/mol. The van der Waals surface area contributed by atoms with Gasteiger partial charge in [-0.05, 0) is 6.07 Å². The second-order valence-corrected chi connectivity index (χ2v) is 4.90. The number of hydrogen-bond acceptors (Lipinski definition) is 3. The molecule has 0 radical (unpaired) electrons. The van der Waals surface area contributed by atoms with Gasteiger partial charge in [0.05, 0.1) is 6.54 Å². The highest BCUT2D eigenvalue weighted by molar-refractivity contribution is 5.21. The van der Waals surface area contributed by atoms with Crippen LogP contribution in [0, 0.1) is 5.82 Å². The average molecular weight is 260 g/mol. The third-order valence-corrected chi connectivity index (χ3v) is 3.58. The number of rotatable bonds is 3. The Morgan fingerprint density at radius 3 is 3.00 bits per heavy atom. The van der Waals surface area contributed by atoms with Crippen LogP contribution in [-0.4, -0.2) is 27.5 Å². The predicted octanol–water partition coefficient (Wildman–Crippen LogP) is 1.54. The number of hydrogen-bond donors (Lipinski definition) is 1. The topological polar surface area (TPSA) is 47.1 Å². The van der Waals surface area contributed by atoms with Crippen LogP contribution < -0.4 is 5.73 Å². The molecule has 0 saturated heterocycles. The van der Waals surface area contributed by atoms with Gasteiger partial charge in [0.1, 0.15) is 11.6 Å². The molecule has 5 heteroatoms. The molecular weight excluding hydrogens is 243 g/mol. The molecule has 2 heterocycles. The van der Waals surface area contributed by atoms with E-state index in [0.717, 1.165) is 25.5 Å². The number of halogens is 1. The number of nitrogens with two attached hydrogens (primary N) is 1. The Morgan fingerprint density at radius 2 is 2.16 bits per heavy atom. The summed E-state index contributed by atoms with van der Waals surface area (Å²) in [5.41, 5.74) is 6.69. The minimum absolute atomic E-state index is 0.228. The van der Waals surface area contributed by atoms with Crippen LogP contribution in [0.4, 0.5) is 4.39 Å². The largest absolute Gasteiger partial charge is 0.333 e. The normalized spacial score (nSPS) is 17.2. The molecule has 1 atom stereocenters. The molecule has 100 valence electrons. The summed E-state index contributed by atoms with van der Waals surface area (Å²) in [5, 5.41) is 0. The standard InChI is InChI=1S/C14H17FN4/c15-12-4-2-1-3-11(12)13(16)9-18-7-8-19-6-5-17-14(19)10-18/h1-6,13H,7-10,16H2. The van der Waals surface area contributed by atoms with Gasteiger partial charge < -0.3 is 10.3 Å². The van der Waals surface area contributed by atoms with Gasteiger partial charge in [-0.3, -0.25) is 4.90 Å². The zero-order valence-corrected chi connectivity index (χ0v) is 10.7. The van der Waals surface area contributed by atoms with Gasteiger partial charge in [-0.25, -0.2) is 9.37 Å². The van der Waals surface area contributed by atoms with Crippen LogP contribution in [0.1, 0.15) is 17.4 Å². The van der Waals surface area contributed by atoms with Gasteiger partial charge in [0.25, 0.3) is 0 Å². The maximum absolute atomic E-state index is 13.7. The van der Waals surface area contributed by atoms with Gasteiger partial charge in [0.15, 0.2) is 0 Å². The van der Waals surface area contributed by atoms with Crippen molar-refractivity contribution < 1.29 is 4.39 Å². The van der Waals surface area contributed by atoms with Crippen molar-refractivity contribution in [3.05, 3.63) is 53.9 Å². The Kier molecular flexibility index (Phi) is 3.31. The lowest BCUT2D eigenvalue weighted by molar-refractivity contribution is 0.204. The van der Waals surface area contributed by atoms with Crippen molar-refractivity contribution in [2.45, 2.75) is 19.1 Å². The van der Waals surface area contributed by atoms with Gasteiger partial charge >= 0.3 is 0 Å². The lowest BCUT2D eigenvalue weighted by atomic mass is 10.1. The lowest BCUT2D eigenvalue weighted by Gasteiger charge is -2.29. The van der Waals surface area contributed by atoms with Crippen LogP contribution in [0.5, 0.6) is 0 Å². The second-order valence-electron chi connectivity index (χ2n) is 4.90. The van der Waals surface area contributed by atoms with Crippen LogP contribution in [0.2, 0.25) is 0 Å². The van der Waals surface area contributed by atoms with Gasteiger partial charge in [0, 0.05) is 43.6 Å². The Bertz CT molecular complexity index is 566. The molecule has 2 aromatic rings. The van der Waals surface area contributed by atoms with E-state index in [1.807, 2.05) is 18.5 Å². The number of imidazole rings is 1. The summed E-state index contributed by atoms with van der Waals surface area (Å²) in [6.45, 7) is 3.26. The maximum atomic E-state index is 13.7. The molecule has 0 saturated carbocycles.